The molecular formula is C18H21N5O. The van der Waals surface area contributed by atoms with Crippen molar-refractivity contribution in [3.63, 3.8) is 0 Å². The number of carbonyl (C=O) groups is 1. The first-order valence-electron chi connectivity index (χ1n) is 7.97. The number of hydrogen-bond acceptors (Lipinski definition) is 5. The third-order valence-electron chi connectivity index (χ3n) is 3.69. The zero-order valence-corrected chi connectivity index (χ0v) is 13.9. The fraction of sp³-hybridized carbons (Fsp3) is 0.278. The van der Waals surface area contributed by atoms with Crippen molar-refractivity contribution in [1.29, 1.82) is 0 Å². The summed E-state index contributed by atoms with van der Waals surface area (Å²) in [6.45, 7) is 0.726. The van der Waals surface area contributed by atoms with Gasteiger partial charge in [-0.3, -0.25) is 4.79 Å². The molecule has 0 aliphatic carbocycles. The van der Waals surface area contributed by atoms with Crippen LogP contribution in [0.3, 0.4) is 0 Å². The minimum Gasteiger partial charge on any atom is -0.382 e. The Labute approximate surface area is 141 Å². The van der Waals surface area contributed by atoms with E-state index in [1.54, 1.807) is 11.1 Å². The third-order valence-corrected chi connectivity index (χ3v) is 3.69. The molecule has 0 spiro atoms. The Hall–Kier alpha value is -2.89. The highest BCUT2D eigenvalue weighted by atomic mass is 16.2. The van der Waals surface area contributed by atoms with E-state index in [-0.39, 0.29) is 5.91 Å². The van der Waals surface area contributed by atoms with Gasteiger partial charge in [0, 0.05) is 45.1 Å². The molecular weight excluding hydrogens is 302 g/mol. The summed E-state index contributed by atoms with van der Waals surface area (Å²) in [5.74, 6) is 0.647. The van der Waals surface area contributed by atoms with Crippen LogP contribution < -0.4 is 5.32 Å². The molecule has 0 saturated carbocycles. The number of amides is 1. The molecule has 1 aliphatic rings. The molecule has 0 unspecified atom stereocenters. The van der Waals surface area contributed by atoms with E-state index in [1.807, 2.05) is 61.6 Å². The zero-order chi connectivity index (χ0) is 16.9. The van der Waals surface area contributed by atoms with Gasteiger partial charge in [0.1, 0.15) is 0 Å². The normalized spacial score (nSPS) is 14.8. The molecule has 124 valence electrons. The van der Waals surface area contributed by atoms with Crippen LogP contribution in [0.2, 0.25) is 0 Å². The van der Waals surface area contributed by atoms with Gasteiger partial charge in [-0.15, -0.1) is 0 Å². The summed E-state index contributed by atoms with van der Waals surface area (Å²) in [6, 6.07) is 11.6. The summed E-state index contributed by atoms with van der Waals surface area (Å²) in [6.07, 6.45) is 5.10. The van der Waals surface area contributed by atoms with Gasteiger partial charge in [0.2, 0.25) is 11.9 Å². The van der Waals surface area contributed by atoms with Crippen LogP contribution in [0.25, 0.3) is 5.70 Å². The molecule has 2 heterocycles. The second-order valence-electron chi connectivity index (χ2n) is 5.88. The van der Waals surface area contributed by atoms with Gasteiger partial charge in [-0.2, -0.15) is 0 Å². The Balaban J connectivity index is 1.91. The lowest BCUT2D eigenvalue weighted by Crippen LogP contribution is -2.25. The smallest absolute Gasteiger partial charge is 0.227 e. The van der Waals surface area contributed by atoms with Crippen molar-refractivity contribution in [1.82, 2.24) is 19.8 Å². The molecule has 1 aromatic heterocycles. The van der Waals surface area contributed by atoms with Crippen molar-refractivity contribution in [3.05, 3.63) is 54.5 Å². The Kier molecular flexibility index (Phi) is 4.74. The first kappa shape index (κ1) is 16.0. The molecule has 6 nitrogen and oxygen atoms in total. The molecule has 1 fully saturated rings. The van der Waals surface area contributed by atoms with Gasteiger partial charge in [-0.25, -0.2) is 9.97 Å². The lowest BCUT2D eigenvalue weighted by Gasteiger charge is -2.21. The van der Waals surface area contributed by atoms with E-state index >= 15 is 0 Å². The summed E-state index contributed by atoms with van der Waals surface area (Å²) in [4.78, 5) is 24.7. The van der Waals surface area contributed by atoms with Gasteiger partial charge < -0.3 is 15.1 Å². The zero-order valence-electron chi connectivity index (χ0n) is 13.9. The molecule has 24 heavy (non-hydrogen) atoms. The van der Waals surface area contributed by atoms with Crippen molar-refractivity contribution in [2.45, 2.75) is 12.8 Å². The van der Waals surface area contributed by atoms with E-state index in [0.29, 0.717) is 12.4 Å². The van der Waals surface area contributed by atoms with Crippen LogP contribution in [-0.2, 0) is 4.79 Å². The van der Waals surface area contributed by atoms with Gasteiger partial charge in [0.15, 0.2) is 0 Å². The van der Waals surface area contributed by atoms with E-state index < -0.39 is 0 Å². The fourth-order valence-electron chi connectivity index (χ4n) is 2.63. The number of aromatic nitrogens is 2. The maximum absolute atomic E-state index is 12.2. The molecule has 1 aliphatic heterocycles. The number of hydrogen-bond donors (Lipinski definition) is 1. The highest BCUT2D eigenvalue weighted by Gasteiger charge is 2.25. The lowest BCUT2D eigenvalue weighted by molar-refractivity contribution is -0.124. The second-order valence-corrected chi connectivity index (χ2v) is 5.88. The van der Waals surface area contributed by atoms with Crippen molar-refractivity contribution in [3.8, 4) is 0 Å². The van der Waals surface area contributed by atoms with Gasteiger partial charge in [0.05, 0.1) is 11.4 Å². The van der Waals surface area contributed by atoms with Crippen LogP contribution in [0.5, 0.6) is 0 Å². The molecule has 1 N–H and O–H groups in total. The number of carbonyl (C=O) groups excluding carboxylic acids is 1. The number of benzene rings is 1. The van der Waals surface area contributed by atoms with E-state index in [9.17, 15) is 4.79 Å². The van der Waals surface area contributed by atoms with Crippen molar-refractivity contribution in [2.24, 2.45) is 0 Å². The Morgan fingerprint density at radius 3 is 2.71 bits per heavy atom. The summed E-state index contributed by atoms with van der Waals surface area (Å²) in [7, 11) is 3.87. The van der Waals surface area contributed by atoms with Crippen molar-refractivity contribution < 1.29 is 4.79 Å². The molecule has 6 heteroatoms. The molecule has 0 atom stereocenters. The number of likely N-dealkylation sites (tertiary alicyclic amines) is 1. The average molecular weight is 323 g/mol. The fourth-order valence-corrected chi connectivity index (χ4v) is 2.63. The van der Waals surface area contributed by atoms with Gasteiger partial charge in [0.25, 0.3) is 0 Å². The summed E-state index contributed by atoms with van der Waals surface area (Å²) >= 11 is 0. The molecule has 1 aromatic carbocycles. The monoisotopic (exact) mass is 323 g/mol. The summed E-state index contributed by atoms with van der Waals surface area (Å²) < 4.78 is 0. The molecule has 1 amide bonds. The summed E-state index contributed by atoms with van der Waals surface area (Å²) in [5.41, 5.74) is 2.46. The van der Waals surface area contributed by atoms with Crippen LogP contribution in [0.15, 0.2) is 48.8 Å². The Bertz CT molecular complexity index is 742. The second kappa shape index (κ2) is 7.12. The molecule has 1 saturated heterocycles. The minimum absolute atomic E-state index is 0.138. The van der Waals surface area contributed by atoms with Crippen LogP contribution in [0.4, 0.5) is 11.6 Å². The molecule has 0 radical (unpaired) electrons. The number of rotatable bonds is 5. The Morgan fingerprint density at radius 2 is 2.04 bits per heavy atom. The highest BCUT2D eigenvalue weighted by molar-refractivity contribution is 5.88. The third kappa shape index (κ3) is 3.71. The number of nitrogens with one attached hydrogen (secondary N) is 1. The van der Waals surface area contributed by atoms with E-state index in [2.05, 4.69) is 15.3 Å². The van der Waals surface area contributed by atoms with Crippen molar-refractivity contribution in [2.75, 3.05) is 26.0 Å². The molecule has 0 bridgehead atoms. The Morgan fingerprint density at radius 1 is 1.25 bits per heavy atom. The van der Waals surface area contributed by atoms with Crippen LogP contribution in [0.1, 0.15) is 18.5 Å². The van der Waals surface area contributed by atoms with Gasteiger partial charge in [-0.05, 0) is 24.6 Å². The topological polar surface area (TPSA) is 61.4 Å². The van der Waals surface area contributed by atoms with E-state index in [0.717, 1.165) is 30.0 Å². The van der Waals surface area contributed by atoms with Crippen LogP contribution in [-0.4, -0.2) is 46.3 Å². The highest BCUT2D eigenvalue weighted by Crippen LogP contribution is 2.25. The number of anilines is 2. The first-order valence-corrected chi connectivity index (χ1v) is 7.97. The van der Waals surface area contributed by atoms with Crippen molar-refractivity contribution >= 4 is 23.2 Å². The predicted molar refractivity (Wildman–Crippen MR) is 94.4 cm³/mol. The maximum atomic E-state index is 12.2. The number of para-hydroxylation sites is 1. The first-order chi connectivity index (χ1) is 11.6. The average Bonchev–Trinajstić information content (AvgIpc) is 2.99. The molecule has 2 aromatic rings. The quantitative estimate of drug-likeness (QED) is 0.917. The van der Waals surface area contributed by atoms with Gasteiger partial charge in [-0.1, -0.05) is 18.2 Å². The minimum atomic E-state index is 0.138. The largest absolute Gasteiger partial charge is 0.382 e. The SMILES string of the molecule is CN(C)C=C(c1ccnc(Nc2ccccc2)n1)N1CCCC1=O. The predicted octanol–water partition coefficient (Wildman–Crippen LogP) is 2.70. The van der Waals surface area contributed by atoms with E-state index in [1.165, 1.54) is 0 Å². The number of nitrogens with zero attached hydrogens (tertiary/aromatic N) is 4. The standard InChI is InChI=1S/C18H21N5O/c1-22(2)13-16(23-12-6-9-17(23)24)15-10-11-19-18(21-15)20-14-7-4-3-5-8-14/h3-5,7-8,10-11,13H,6,9,12H2,1-2H3,(H,19,20,21). The summed E-state index contributed by atoms with van der Waals surface area (Å²) in [5, 5.41) is 3.19. The van der Waals surface area contributed by atoms with Crippen LogP contribution >= 0.6 is 0 Å². The van der Waals surface area contributed by atoms with Crippen LogP contribution in [0, 0.1) is 0 Å². The van der Waals surface area contributed by atoms with Gasteiger partial charge >= 0.3 is 0 Å². The maximum Gasteiger partial charge on any atom is 0.227 e. The lowest BCUT2D eigenvalue weighted by atomic mass is 10.2. The molecule has 3 rings (SSSR count). The van der Waals surface area contributed by atoms with E-state index in [4.69, 9.17) is 0 Å².